The van der Waals surface area contributed by atoms with E-state index in [1.54, 1.807) is 4.31 Å². The number of sulfonamides is 1. The number of hydrogen-bond acceptors (Lipinski definition) is 3. The van der Waals surface area contributed by atoms with E-state index >= 15 is 0 Å². The van der Waals surface area contributed by atoms with Crippen LogP contribution in [0.2, 0.25) is 0 Å². The molecule has 0 spiro atoms. The lowest BCUT2D eigenvalue weighted by atomic mass is 9.95. The summed E-state index contributed by atoms with van der Waals surface area (Å²) in [7, 11) is -2.92. The first-order valence-electron chi connectivity index (χ1n) is 5.90. The fourth-order valence-electron chi connectivity index (χ4n) is 2.82. The molecule has 1 N–H and O–H groups in total. The number of hydrogen-bond donors (Lipinski definition) is 1. The van der Waals surface area contributed by atoms with E-state index in [0.29, 0.717) is 12.0 Å². The van der Waals surface area contributed by atoms with Crippen molar-refractivity contribution < 1.29 is 8.42 Å². The number of rotatable bonds is 2. The lowest BCUT2D eigenvalue weighted by Crippen LogP contribution is -2.47. The third-order valence-electron chi connectivity index (χ3n) is 3.92. The van der Waals surface area contributed by atoms with Crippen LogP contribution in [0.5, 0.6) is 0 Å². The molecule has 94 valence electrons. The summed E-state index contributed by atoms with van der Waals surface area (Å²) >= 11 is 0. The monoisotopic (exact) mass is 266 g/mol. The van der Waals surface area contributed by atoms with Crippen molar-refractivity contribution in [1.29, 1.82) is 0 Å². The topological polar surface area (TPSA) is 49.4 Å². The molecule has 6 heteroatoms. The van der Waals surface area contributed by atoms with Gasteiger partial charge in [0.15, 0.2) is 0 Å². The molecule has 3 rings (SSSR count). The molecule has 2 heterocycles. The van der Waals surface area contributed by atoms with Crippen molar-refractivity contribution in [2.75, 3.05) is 19.6 Å². The highest BCUT2D eigenvalue weighted by atomic mass is 35.5. The standard InChI is InChI=1S/C10H18N2O2S.ClH/c13-15(14,9-1-2-9)12-6-4-10-8(7-12)3-5-11-10;/h8-11H,1-7H2;1H. The normalized spacial score (nSPS) is 35.5. The van der Waals surface area contributed by atoms with Crippen LogP contribution in [0.4, 0.5) is 0 Å². The second-order valence-electron chi connectivity index (χ2n) is 5.00. The molecular weight excluding hydrogens is 248 g/mol. The molecule has 1 saturated carbocycles. The van der Waals surface area contributed by atoms with Gasteiger partial charge in [-0.2, -0.15) is 0 Å². The third kappa shape index (κ3) is 2.10. The number of piperidine rings is 1. The van der Waals surface area contributed by atoms with E-state index in [-0.39, 0.29) is 17.7 Å². The minimum atomic E-state index is -2.92. The van der Waals surface area contributed by atoms with Gasteiger partial charge in [-0.05, 0) is 38.1 Å². The van der Waals surface area contributed by atoms with Gasteiger partial charge in [0.1, 0.15) is 0 Å². The van der Waals surface area contributed by atoms with Crippen LogP contribution in [0.15, 0.2) is 0 Å². The molecule has 0 amide bonds. The van der Waals surface area contributed by atoms with Gasteiger partial charge < -0.3 is 5.32 Å². The van der Waals surface area contributed by atoms with Gasteiger partial charge in [0.05, 0.1) is 5.25 Å². The number of fused-ring (bicyclic) bond motifs is 1. The summed E-state index contributed by atoms with van der Waals surface area (Å²) in [6.45, 7) is 2.55. The molecule has 3 aliphatic rings. The Bertz CT molecular complexity index is 356. The Labute approximate surface area is 103 Å². The maximum Gasteiger partial charge on any atom is 0.216 e. The van der Waals surface area contributed by atoms with Gasteiger partial charge in [-0.25, -0.2) is 12.7 Å². The minimum absolute atomic E-state index is 0. The first-order chi connectivity index (χ1) is 7.18. The predicted molar refractivity (Wildman–Crippen MR) is 65.3 cm³/mol. The first-order valence-corrected chi connectivity index (χ1v) is 7.40. The van der Waals surface area contributed by atoms with Crippen LogP contribution in [0, 0.1) is 5.92 Å². The van der Waals surface area contributed by atoms with Crippen molar-refractivity contribution in [3.05, 3.63) is 0 Å². The average Bonchev–Trinajstić information content (AvgIpc) is 2.97. The van der Waals surface area contributed by atoms with E-state index in [1.807, 2.05) is 0 Å². The van der Waals surface area contributed by atoms with Crippen LogP contribution in [0.1, 0.15) is 25.7 Å². The Kier molecular flexibility index (Phi) is 3.50. The van der Waals surface area contributed by atoms with E-state index in [2.05, 4.69) is 5.32 Å². The molecule has 2 unspecified atom stereocenters. The van der Waals surface area contributed by atoms with Crippen molar-refractivity contribution >= 4 is 22.4 Å². The number of nitrogens with zero attached hydrogens (tertiary/aromatic N) is 1. The second kappa shape index (κ2) is 4.44. The van der Waals surface area contributed by atoms with Gasteiger partial charge in [-0.1, -0.05) is 0 Å². The Morgan fingerprint density at radius 3 is 2.56 bits per heavy atom. The van der Waals surface area contributed by atoms with Crippen LogP contribution in [0.25, 0.3) is 0 Å². The minimum Gasteiger partial charge on any atom is -0.314 e. The molecule has 2 aliphatic heterocycles. The molecule has 0 aromatic heterocycles. The molecular formula is C10H19ClN2O2S. The summed E-state index contributed by atoms with van der Waals surface area (Å²) in [5.74, 6) is 0.562. The third-order valence-corrected chi connectivity index (χ3v) is 6.29. The van der Waals surface area contributed by atoms with Crippen LogP contribution < -0.4 is 5.32 Å². The highest BCUT2D eigenvalue weighted by Gasteiger charge is 2.44. The summed E-state index contributed by atoms with van der Waals surface area (Å²) in [6.07, 6.45) is 3.90. The van der Waals surface area contributed by atoms with Crippen LogP contribution >= 0.6 is 12.4 Å². The molecule has 2 atom stereocenters. The molecule has 0 aromatic rings. The van der Waals surface area contributed by atoms with Crippen LogP contribution in [-0.2, 0) is 10.0 Å². The summed E-state index contributed by atoms with van der Waals surface area (Å²) in [6, 6.07) is 0.579. The van der Waals surface area contributed by atoms with Crippen LogP contribution in [-0.4, -0.2) is 43.6 Å². The second-order valence-corrected chi connectivity index (χ2v) is 7.21. The molecule has 3 fully saturated rings. The average molecular weight is 267 g/mol. The van der Waals surface area contributed by atoms with Gasteiger partial charge in [-0.3, -0.25) is 0 Å². The van der Waals surface area contributed by atoms with E-state index in [4.69, 9.17) is 0 Å². The number of halogens is 1. The smallest absolute Gasteiger partial charge is 0.216 e. The fourth-order valence-corrected chi connectivity index (χ4v) is 4.73. The summed E-state index contributed by atoms with van der Waals surface area (Å²) in [5, 5.41) is 3.42. The molecule has 1 aliphatic carbocycles. The zero-order chi connectivity index (χ0) is 10.5. The van der Waals surface area contributed by atoms with Crippen molar-refractivity contribution in [1.82, 2.24) is 9.62 Å². The highest BCUT2D eigenvalue weighted by molar-refractivity contribution is 7.90. The Hall–Kier alpha value is 0.160. The first kappa shape index (κ1) is 12.6. The lowest BCUT2D eigenvalue weighted by molar-refractivity contribution is 0.247. The Balaban J connectivity index is 0.000000963. The summed E-state index contributed by atoms with van der Waals surface area (Å²) < 4.78 is 25.8. The highest BCUT2D eigenvalue weighted by Crippen LogP contribution is 2.34. The molecule has 0 aromatic carbocycles. The molecule has 2 saturated heterocycles. The van der Waals surface area contributed by atoms with E-state index in [1.165, 1.54) is 0 Å². The zero-order valence-electron chi connectivity index (χ0n) is 9.26. The van der Waals surface area contributed by atoms with Crippen molar-refractivity contribution in [2.45, 2.75) is 37.0 Å². The van der Waals surface area contributed by atoms with Gasteiger partial charge >= 0.3 is 0 Å². The van der Waals surface area contributed by atoms with Gasteiger partial charge in [0, 0.05) is 19.1 Å². The van der Waals surface area contributed by atoms with Gasteiger partial charge in [0.2, 0.25) is 10.0 Å². The molecule has 0 bridgehead atoms. The maximum atomic E-state index is 12.0. The van der Waals surface area contributed by atoms with Crippen LogP contribution in [0.3, 0.4) is 0 Å². The predicted octanol–water partition coefficient (Wildman–Crippen LogP) is 0.584. The maximum absolute atomic E-state index is 12.0. The quantitative estimate of drug-likeness (QED) is 0.796. The van der Waals surface area contributed by atoms with Gasteiger partial charge in [-0.15, -0.1) is 12.4 Å². The molecule has 0 radical (unpaired) electrons. The van der Waals surface area contributed by atoms with Crippen molar-refractivity contribution in [3.8, 4) is 0 Å². The number of nitrogens with one attached hydrogen (secondary N) is 1. The Morgan fingerprint density at radius 1 is 1.12 bits per heavy atom. The van der Waals surface area contributed by atoms with Crippen molar-refractivity contribution in [2.24, 2.45) is 5.92 Å². The van der Waals surface area contributed by atoms with E-state index in [0.717, 1.165) is 45.3 Å². The molecule has 16 heavy (non-hydrogen) atoms. The lowest BCUT2D eigenvalue weighted by Gasteiger charge is -2.34. The van der Waals surface area contributed by atoms with E-state index < -0.39 is 10.0 Å². The largest absolute Gasteiger partial charge is 0.314 e. The SMILES string of the molecule is Cl.O=S(=O)(C1CC1)N1CCC2NCCC2C1. The van der Waals surface area contributed by atoms with Gasteiger partial charge in [0.25, 0.3) is 0 Å². The molecule has 4 nitrogen and oxygen atoms in total. The zero-order valence-corrected chi connectivity index (χ0v) is 10.9. The Morgan fingerprint density at radius 2 is 1.88 bits per heavy atom. The summed E-state index contributed by atoms with van der Waals surface area (Å²) in [4.78, 5) is 0. The van der Waals surface area contributed by atoms with Crippen molar-refractivity contribution in [3.63, 3.8) is 0 Å². The van der Waals surface area contributed by atoms with E-state index in [9.17, 15) is 8.42 Å². The summed E-state index contributed by atoms with van der Waals surface area (Å²) in [5.41, 5.74) is 0. The fraction of sp³-hybridized carbons (Fsp3) is 1.00.